The summed E-state index contributed by atoms with van der Waals surface area (Å²) in [6.45, 7) is 0. The van der Waals surface area contributed by atoms with E-state index >= 15 is 0 Å². The van der Waals surface area contributed by atoms with Gasteiger partial charge in [0.05, 0.1) is 9.13 Å². The van der Waals surface area contributed by atoms with Crippen molar-refractivity contribution in [2.75, 3.05) is 0 Å². The van der Waals surface area contributed by atoms with Crippen LogP contribution in [0.15, 0.2) is 54.6 Å². The van der Waals surface area contributed by atoms with Gasteiger partial charge in [-0.25, -0.2) is 4.79 Å². The molecule has 0 fully saturated rings. The van der Waals surface area contributed by atoms with Gasteiger partial charge in [-0.3, -0.25) is 6.14 Å². The number of carbonyl (C=O) groups is 1. The van der Waals surface area contributed by atoms with Gasteiger partial charge in [-0.2, -0.15) is 0 Å². The van der Waals surface area contributed by atoms with Crippen LogP contribution in [0.2, 0.25) is 0 Å². The fourth-order valence-corrected chi connectivity index (χ4v) is 2.88. The third-order valence-corrected chi connectivity index (χ3v) is 4.65. The molecule has 0 radical (unpaired) electrons. The van der Waals surface area contributed by atoms with E-state index in [0.29, 0.717) is 3.57 Å². The molecule has 100 valence electrons. The highest BCUT2D eigenvalue weighted by molar-refractivity contribution is 14.2. The Hall–Kier alpha value is -1.03. The van der Waals surface area contributed by atoms with Gasteiger partial charge in [-0.05, 0) is 24.3 Å². The first-order valence-corrected chi connectivity index (χ1v) is 9.02. The Morgan fingerprint density at radius 3 is 1.84 bits per heavy atom. The number of carboxylic acid groups (broad SMARTS) is 1. The average Bonchev–Trinajstić information content (AvgIpc) is 2.48. The second kappa shape index (κ2) is 8.97. The maximum absolute atomic E-state index is 10.5. The lowest BCUT2D eigenvalue weighted by molar-refractivity contribution is 0.0695. The van der Waals surface area contributed by atoms with Crippen molar-refractivity contribution in [3.8, 4) is 0 Å². The minimum absolute atomic E-state index is 0.148. The van der Waals surface area contributed by atoms with E-state index in [9.17, 15) is 10.9 Å². The smallest absolute Gasteiger partial charge is 0.336 e. The molecule has 0 saturated carbocycles. The van der Waals surface area contributed by atoms with Crippen molar-refractivity contribution in [3.05, 3.63) is 67.3 Å². The second-order valence-electron chi connectivity index (χ2n) is 3.23. The maximum atomic E-state index is 10.5. The van der Waals surface area contributed by atoms with Crippen LogP contribution < -0.4 is 0 Å². The molecule has 4 nitrogen and oxygen atoms in total. The molecular formula is C13H10I2O4. The zero-order valence-electron chi connectivity index (χ0n) is 9.62. The normalized spacial score (nSPS) is 9.26. The lowest BCUT2D eigenvalue weighted by Crippen LogP contribution is -1.98. The quantitative estimate of drug-likeness (QED) is 0.669. The fraction of sp³-hybridized carbons (Fsp3) is 0. The highest BCUT2D eigenvalue weighted by Gasteiger charge is 2.07. The summed E-state index contributed by atoms with van der Waals surface area (Å²) in [6, 6.07) is 15.8. The first-order chi connectivity index (χ1) is 9.19. The van der Waals surface area contributed by atoms with Crippen molar-refractivity contribution in [3.63, 3.8) is 0 Å². The van der Waals surface area contributed by atoms with E-state index in [1.54, 1.807) is 18.2 Å². The Bertz CT molecular complexity index is 570. The van der Waals surface area contributed by atoms with Crippen molar-refractivity contribution in [1.29, 1.82) is 0 Å². The SMILES string of the molecule is O=Ic1ccccc1.O=Ic1ccccc1C(=O)O. The van der Waals surface area contributed by atoms with E-state index in [2.05, 4.69) is 0 Å². The van der Waals surface area contributed by atoms with Gasteiger partial charge >= 0.3 is 5.97 Å². The number of carboxylic acids is 1. The Kier molecular flexibility index (Phi) is 7.56. The van der Waals surface area contributed by atoms with Crippen LogP contribution in [-0.2, 0) is 6.14 Å². The Morgan fingerprint density at radius 2 is 1.42 bits per heavy atom. The molecule has 2 rings (SSSR count). The van der Waals surface area contributed by atoms with Crippen LogP contribution in [0.5, 0.6) is 0 Å². The lowest BCUT2D eigenvalue weighted by Gasteiger charge is -1.94. The minimum Gasteiger partial charge on any atom is -0.478 e. The predicted molar refractivity (Wildman–Crippen MR) is 86.7 cm³/mol. The van der Waals surface area contributed by atoms with Gasteiger partial charge in [0.25, 0.3) is 0 Å². The summed E-state index contributed by atoms with van der Waals surface area (Å²) in [4.78, 5) is 10.5. The van der Waals surface area contributed by atoms with E-state index in [1.165, 1.54) is 6.07 Å². The van der Waals surface area contributed by atoms with E-state index in [0.717, 1.165) is 3.57 Å². The molecule has 0 aliphatic rings. The standard InChI is InChI=1S/C7H5IO3.C6H5IO/c9-7(10)5-3-1-2-4-6(5)8-11;8-7-6-4-2-1-3-5-6/h1-4H,(H,9,10);1-5H. The minimum atomic E-state index is -1.38. The maximum Gasteiger partial charge on any atom is 0.336 e. The topological polar surface area (TPSA) is 71.4 Å². The molecule has 6 heteroatoms. The predicted octanol–water partition coefficient (Wildman–Crippen LogP) is 4.04. The van der Waals surface area contributed by atoms with Crippen LogP contribution in [0.25, 0.3) is 0 Å². The van der Waals surface area contributed by atoms with Crippen LogP contribution in [0, 0.1) is 7.14 Å². The summed E-state index contributed by atoms with van der Waals surface area (Å²) < 4.78 is 22.2. The second-order valence-corrected chi connectivity index (χ2v) is 6.52. The van der Waals surface area contributed by atoms with Gasteiger partial charge < -0.3 is 5.11 Å². The first-order valence-electron chi connectivity index (χ1n) is 5.10. The Balaban J connectivity index is 0.000000200. The van der Waals surface area contributed by atoms with Crippen LogP contribution in [-0.4, -0.2) is 11.1 Å². The molecule has 0 aliphatic carbocycles. The molecule has 0 aliphatic heterocycles. The number of rotatable bonds is 3. The number of benzene rings is 2. The third-order valence-electron chi connectivity index (χ3n) is 2.01. The van der Waals surface area contributed by atoms with Gasteiger partial charge in [-0.15, -0.1) is 0 Å². The molecule has 0 amide bonds. The van der Waals surface area contributed by atoms with E-state index in [1.807, 2.05) is 30.3 Å². The van der Waals surface area contributed by atoms with Crippen LogP contribution >= 0.6 is 42.4 Å². The summed E-state index contributed by atoms with van der Waals surface area (Å²) in [7, 11) is 0. The van der Waals surface area contributed by atoms with Crippen molar-refractivity contribution < 1.29 is 16.0 Å². The third kappa shape index (κ3) is 5.64. The molecule has 0 heterocycles. The van der Waals surface area contributed by atoms with Crippen LogP contribution in [0.3, 0.4) is 0 Å². The van der Waals surface area contributed by atoms with Crippen molar-refractivity contribution in [2.45, 2.75) is 0 Å². The molecule has 2 aromatic carbocycles. The molecule has 19 heavy (non-hydrogen) atoms. The summed E-state index contributed by atoms with van der Waals surface area (Å²) in [5.41, 5.74) is 0.148. The molecular weight excluding hydrogens is 474 g/mol. The summed E-state index contributed by atoms with van der Waals surface area (Å²) in [6.07, 6.45) is 0. The molecule has 0 bridgehead atoms. The highest BCUT2D eigenvalue weighted by Crippen LogP contribution is 2.14. The largest absolute Gasteiger partial charge is 0.478 e. The summed E-state index contributed by atoms with van der Waals surface area (Å²) in [5, 5.41) is 8.58. The van der Waals surface area contributed by atoms with Crippen LogP contribution in [0.1, 0.15) is 10.4 Å². The van der Waals surface area contributed by atoms with E-state index in [4.69, 9.17) is 5.11 Å². The molecule has 2 aromatic rings. The average molecular weight is 484 g/mol. The van der Waals surface area contributed by atoms with Gasteiger partial charge in [0.2, 0.25) is 0 Å². The summed E-state index contributed by atoms with van der Waals surface area (Å²) >= 11 is -2.32. The van der Waals surface area contributed by atoms with Crippen molar-refractivity contribution >= 4 is 48.4 Å². The van der Waals surface area contributed by atoms with E-state index in [-0.39, 0.29) is 5.56 Å². The number of hydrogen-bond donors (Lipinski definition) is 1. The highest BCUT2D eigenvalue weighted by atomic mass is 127. The van der Waals surface area contributed by atoms with Crippen molar-refractivity contribution in [1.82, 2.24) is 0 Å². The monoisotopic (exact) mass is 484 g/mol. The molecule has 0 unspecified atom stereocenters. The lowest BCUT2D eigenvalue weighted by atomic mass is 10.2. The molecule has 0 saturated heterocycles. The molecule has 0 aromatic heterocycles. The number of aromatic carboxylic acids is 1. The summed E-state index contributed by atoms with van der Waals surface area (Å²) in [5.74, 6) is -1.02. The first kappa shape index (κ1) is 16.0. The molecule has 0 spiro atoms. The van der Waals surface area contributed by atoms with Crippen molar-refractivity contribution in [2.24, 2.45) is 0 Å². The molecule has 1 N–H and O–H groups in total. The Morgan fingerprint density at radius 1 is 0.842 bits per heavy atom. The fourth-order valence-electron chi connectivity index (χ4n) is 1.17. The van der Waals surface area contributed by atoms with Crippen LogP contribution in [0.4, 0.5) is 0 Å². The van der Waals surface area contributed by atoms with E-state index < -0.39 is 48.4 Å². The zero-order valence-corrected chi connectivity index (χ0v) is 13.9. The van der Waals surface area contributed by atoms with Gasteiger partial charge in [0.1, 0.15) is 0 Å². The number of hydrogen-bond acceptors (Lipinski definition) is 3. The van der Waals surface area contributed by atoms with Gasteiger partial charge in [-0.1, -0.05) is 30.3 Å². The molecule has 0 atom stereocenters. The number of halogens is 2. The zero-order chi connectivity index (χ0) is 14.1. The van der Waals surface area contributed by atoms with Gasteiger partial charge in [0.15, 0.2) is 42.4 Å². The Labute approximate surface area is 131 Å². The van der Waals surface area contributed by atoms with Gasteiger partial charge in [0, 0.05) is 3.57 Å².